The van der Waals surface area contributed by atoms with Crippen molar-refractivity contribution >= 4 is 11.6 Å². The van der Waals surface area contributed by atoms with Crippen molar-refractivity contribution in [3.05, 3.63) is 17.7 Å². The SMILES string of the molecule is COc1cc(OC)c(CCC(=O)CC(C)=O)c(OC)c1. The molecule has 0 radical (unpaired) electrons. The minimum absolute atomic E-state index is 0.0270. The minimum atomic E-state index is -0.122. The van der Waals surface area contributed by atoms with Gasteiger partial charge in [-0.15, -0.1) is 0 Å². The molecule has 1 rings (SSSR count). The molecule has 0 atom stereocenters. The van der Waals surface area contributed by atoms with Crippen LogP contribution in [0.25, 0.3) is 0 Å². The largest absolute Gasteiger partial charge is 0.496 e. The van der Waals surface area contributed by atoms with Gasteiger partial charge < -0.3 is 14.2 Å². The number of Topliss-reactive ketones (excluding diaryl/α,β-unsaturated/α-hetero) is 2. The van der Waals surface area contributed by atoms with Crippen LogP contribution in [-0.2, 0) is 16.0 Å². The molecule has 20 heavy (non-hydrogen) atoms. The maximum atomic E-state index is 11.6. The summed E-state index contributed by atoms with van der Waals surface area (Å²) in [6, 6.07) is 3.49. The molecule has 0 spiro atoms. The summed E-state index contributed by atoms with van der Waals surface area (Å²) in [6.45, 7) is 1.41. The Morgan fingerprint density at radius 1 is 1.00 bits per heavy atom. The summed E-state index contributed by atoms with van der Waals surface area (Å²) >= 11 is 0. The van der Waals surface area contributed by atoms with Crippen molar-refractivity contribution in [1.82, 2.24) is 0 Å². The third kappa shape index (κ3) is 4.26. The Balaban J connectivity index is 2.92. The van der Waals surface area contributed by atoms with Gasteiger partial charge in [0, 0.05) is 24.1 Å². The summed E-state index contributed by atoms with van der Waals surface area (Å²) < 4.78 is 15.8. The lowest BCUT2D eigenvalue weighted by Gasteiger charge is -2.14. The number of carbonyl (C=O) groups excluding carboxylic acids is 2. The van der Waals surface area contributed by atoms with Crippen LogP contribution in [0, 0.1) is 0 Å². The molecule has 1 aromatic rings. The van der Waals surface area contributed by atoms with Gasteiger partial charge in [0.15, 0.2) is 0 Å². The third-order valence-corrected chi connectivity index (χ3v) is 2.92. The Kier molecular flexibility index (Phi) is 6.03. The Bertz CT molecular complexity index is 468. The maximum absolute atomic E-state index is 11.6. The third-order valence-electron chi connectivity index (χ3n) is 2.92. The van der Waals surface area contributed by atoms with Gasteiger partial charge in [0.1, 0.15) is 28.8 Å². The van der Waals surface area contributed by atoms with E-state index in [1.54, 1.807) is 33.5 Å². The second-order valence-electron chi connectivity index (χ2n) is 4.43. The van der Waals surface area contributed by atoms with Crippen molar-refractivity contribution in [3.8, 4) is 17.2 Å². The van der Waals surface area contributed by atoms with Gasteiger partial charge in [-0.1, -0.05) is 0 Å². The van der Waals surface area contributed by atoms with Crippen LogP contribution in [0.4, 0.5) is 0 Å². The lowest BCUT2D eigenvalue weighted by molar-refractivity contribution is -0.125. The maximum Gasteiger partial charge on any atom is 0.140 e. The first-order valence-corrected chi connectivity index (χ1v) is 6.31. The number of carbonyl (C=O) groups is 2. The summed E-state index contributed by atoms with van der Waals surface area (Å²) in [5.74, 6) is 1.63. The van der Waals surface area contributed by atoms with E-state index in [2.05, 4.69) is 0 Å². The molecule has 0 aliphatic rings. The van der Waals surface area contributed by atoms with E-state index < -0.39 is 0 Å². The van der Waals surface area contributed by atoms with E-state index in [1.807, 2.05) is 0 Å². The van der Waals surface area contributed by atoms with E-state index >= 15 is 0 Å². The number of ether oxygens (including phenoxy) is 3. The van der Waals surface area contributed by atoms with E-state index in [-0.39, 0.29) is 24.4 Å². The molecular formula is C15H20O5. The summed E-state index contributed by atoms with van der Waals surface area (Å²) in [7, 11) is 4.66. The van der Waals surface area contributed by atoms with Crippen LogP contribution in [-0.4, -0.2) is 32.9 Å². The van der Waals surface area contributed by atoms with Crippen LogP contribution in [0.5, 0.6) is 17.2 Å². The summed E-state index contributed by atoms with van der Waals surface area (Å²) in [5, 5.41) is 0. The molecule has 1 aromatic carbocycles. The molecule has 110 valence electrons. The van der Waals surface area contributed by atoms with Crippen molar-refractivity contribution in [1.29, 1.82) is 0 Å². The zero-order valence-electron chi connectivity index (χ0n) is 12.3. The van der Waals surface area contributed by atoms with Gasteiger partial charge in [-0.05, 0) is 13.3 Å². The molecule has 0 N–H and O–H groups in total. The Morgan fingerprint density at radius 2 is 1.55 bits per heavy atom. The van der Waals surface area contributed by atoms with Crippen LogP contribution in [0.1, 0.15) is 25.3 Å². The zero-order chi connectivity index (χ0) is 15.1. The summed E-state index contributed by atoms with van der Waals surface area (Å²) in [5.41, 5.74) is 0.799. The molecule has 0 amide bonds. The quantitative estimate of drug-likeness (QED) is 0.683. The van der Waals surface area contributed by atoms with E-state index in [0.29, 0.717) is 23.7 Å². The van der Waals surface area contributed by atoms with Gasteiger partial charge in [0.2, 0.25) is 0 Å². The average molecular weight is 280 g/mol. The van der Waals surface area contributed by atoms with Gasteiger partial charge in [0.25, 0.3) is 0 Å². The lowest BCUT2D eigenvalue weighted by Crippen LogP contribution is -2.07. The van der Waals surface area contributed by atoms with Gasteiger partial charge in [0.05, 0.1) is 27.8 Å². The molecule has 5 heteroatoms. The Hall–Kier alpha value is -2.04. The van der Waals surface area contributed by atoms with Crippen LogP contribution in [0.3, 0.4) is 0 Å². The van der Waals surface area contributed by atoms with Gasteiger partial charge in [-0.3, -0.25) is 9.59 Å². The first-order chi connectivity index (χ1) is 9.51. The molecule has 0 saturated heterocycles. The van der Waals surface area contributed by atoms with E-state index in [1.165, 1.54) is 6.92 Å². The van der Waals surface area contributed by atoms with Crippen molar-refractivity contribution < 1.29 is 23.8 Å². The minimum Gasteiger partial charge on any atom is -0.496 e. The highest BCUT2D eigenvalue weighted by atomic mass is 16.5. The summed E-state index contributed by atoms with van der Waals surface area (Å²) in [6.07, 6.45) is 0.710. The molecule has 0 unspecified atom stereocenters. The molecule has 0 aliphatic heterocycles. The van der Waals surface area contributed by atoms with Gasteiger partial charge in [-0.2, -0.15) is 0 Å². The fourth-order valence-corrected chi connectivity index (χ4v) is 1.95. The van der Waals surface area contributed by atoms with Gasteiger partial charge >= 0.3 is 0 Å². The van der Waals surface area contributed by atoms with Crippen molar-refractivity contribution in [2.45, 2.75) is 26.2 Å². The van der Waals surface area contributed by atoms with Crippen LogP contribution in [0.15, 0.2) is 12.1 Å². The molecular weight excluding hydrogens is 260 g/mol. The first-order valence-electron chi connectivity index (χ1n) is 6.31. The molecule has 0 aromatic heterocycles. The predicted molar refractivity (Wildman–Crippen MR) is 74.7 cm³/mol. The number of methoxy groups -OCH3 is 3. The van der Waals surface area contributed by atoms with Crippen LogP contribution < -0.4 is 14.2 Å². The topological polar surface area (TPSA) is 61.8 Å². The van der Waals surface area contributed by atoms with E-state index in [9.17, 15) is 9.59 Å². The first kappa shape index (κ1) is 16.0. The van der Waals surface area contributed by atoms with Crippen LogP contribution in [0.2, 0.25) is 0 Å². The molecule has 0 heterocycles. The Labute approximate surface area is 118 Å². The average Bonchev–Trinajstić information content (AvgIpc) is 2.43. The number of ketones is 2. The predicted octanol–water partition coefficient (Wildman–Crippen LogP) is 2.19. The highest BCUT2D eigenvalue weighted by Gasteiger charge is 2.15. The smallest absolute Gasteiger partial charge is 0.140 e. The number of benzene rings is 1. The van der Waals surface area contributed by atoms with Gasteiger partial charge in [-0.25, -0.2) is 0 Å². The monoisotopic (exact) mass is 280 g/mol. The van der Waals surface area contributed by atoms with E-state index in [4.69, 9.17) is 14.2 Å². The number of hydrogen-bond acceptors (Lipinski definition) is 5. The van der Waals surface area contributed by atoms with E-state index in [0.717, 1.165) is 5.56 Å². The second kappa shape index (κ2) is 7.53. The summed E-state index contributed by atoms with van der Waals surface area (Å²) in [4.78, 5) is 22.5. The highest BCUT2D eigenvalue weighted by Crippen LogP contribution is 2.34. The van der Waals surface area contributed by atoms with Crippen molar-refractivity contribution in [2.75, 3.05) is 21.3 Å². The fourth-order valence-electron chi connectivity index (χ4n) is 1.95. The fraction of sp³-hybridized carbons (Fsp3) is 0.467. The molecule has 0 fully saturated rings. The number of hydrogen-bond donors (Lipinski definition) is 0. The second-order valence-corrected chi connectivity index (χ2v) is 4.43. The van der Waals surface area contributed by atoms with Crippen LogP contribution >= 0.6 is 0 Å². The standard InChI is InChI=1S/C15H20O5/c1-10(16)7-11(17)5-6-13-14(19-3)8-12(18-2)9-15(13)20-4/h8-9H,5-7H2,1-4H3. The van der Waals surface area contributed by atoms with Crippen molar-refractivity contribution in [3.63, 3.8) is 0 Å². The lowest BCUT2D eigenvalue weighted by atomic mass is 10.0. The molecule has 0 aliphatic carbocycles. The molecule has 0 saturated carbocycles. The van der Waals surface area contributed by atoms with Crippen molar-refractivity contribution in [2.24, 2.45) is 0 Å². The number of rotatable bonds is 8. The highest BCUT2D eigenvalue weighted by molar-refractivity contribution is 5.98. The molecule has 0 bridgehead atoms. The molecule has 5 nitrogen and oxygen atoms in total. The Morgan fingerprint density at radius 3 is 1.95 bits per heavy atom. The normalized spacial score (nSPS) is 10.0. The zero-order valence-corrected chi connectivity index (χ0v) is 12.3.